The molecule has 2 rings (SSSR count). The second kappa shape index (κ2) is 7.59. The lowest BCUT2D eigenvalue weighted by Crippen LogP contribution is -2.38. The summed E-state index contributed by atoms with van der Waals surface area (Å²) in [4.78, 5) is 26.2. The Balaban J connectivity index is 1.83. The quantitative estimate of drug-likeness (QED) is 0.720. The highest BCUT2D eigenvalue weighted by Gasteiger charge is 2.36. The summed E-state index contributed by atoms with van der Waals surface area (Å²) in [6.07, 6.45) is 5.40. The lowest BCUT2D eigenvalue weighted by atomic mass is 10.1. The fraction of sp³-hybridized carbons (Fsp3) is 0.750. The van der Waals surface area contributed by atoms with Gasteiger partial charge in [0.25, 0.3) is 0 Å². The summed E-state index contributed by atoms with van der Waals surface area (Å²) in [5.41, 5.74) is 1.28. The largest absolute Gasteiger partial charge is 0.352 e. The standard InChI is InChI=1S/C16H27N3O2/c1-3-14(4-2)19-11-13(9-15(19)20)16(21)18-10-12-5-7-17-8-6-12/h5,13-14,17H,3-4,6-11H2,1-2H3,(H,18,21). The predicted octanol–water partition coefficient (Wildman–Crippen LogP) is 1.06. The van der Waals surface area contributed by atoms with Gasteiger partial charge in [-0.15, -0.1) is 0 Å². The third-order valence-corrected chi connectivity index (χ3v) is 4.56. The smallest absolute Gasteiger partial charge is 0.225 e. The molecule has 1 fully saturated rings. The zero-order chi connectivity index (χ0) is 15.2. The maximum atomic E-state index is 12.2. The molecule has 118 valence electrons. The molecule has 0 radical (unpaired) electrons. The van der Waals surface area contributed by atoms with Gasteiger partial charge in [-0.25, -0.2) is 0 Å². The van der Waals surface area contributed by atoms with Crippen molar-refractivity contribution in [1.82, 2.24) is 15.5 Å². The molecule has 0 aromatic heterocycles. The molecule has 1 unspecified atom stereocenters. The molecule has 2 N–H and O–H groups in total. The topological polar surface area (TPSA) is 61.4 Å². The minimum atomic E-state index is -0.180. The second-order valence-electron chi connectivity index (χ2n) is 5.95. The van der Waals surface area contributed by atoms with Gasteiger partial charge in [-0.05, 0) is 25.8 Å². The van der Waals surface area contributed by atoms with E-state index in [1.165, 1.54) is 5.57 Å². The number of hydrogen-bond acceptors (Lipinski definition) is 3. The summed E-state index contributed by atoms with van der Waals surface area (Å²) in [6, 6.07) is 0.280. The lowest BCUT2D eigenvalue weighted by Gasteiger charge is -2.26. The summed E-state index contributed by atoms with van der Waals surface area (Å²) >= 11 is 0. The lowest BCUT2D eigenvalue weighted by molar-refractivity contribution is -0.130. The maximum Gasteiger partial charge on any atom is 0.225 e. The first-order valence-corrected chi connectivity index (χ1v) is 8.11. The predicted molar refractivity (Wildman–Crippen MR) is 82.8 cm³/mol. The van der Waals surface area contributed by atoms with E-state index in [1.54, 1.807) is 0 Å². The molecule has 0 bridgehead atoms. The van der Waals surface area contributed by atoms with E-state index in [4.69, 9.17) is 0 Å². The Morgan fingerprint density at radius 2 is 2.24 bits per heavy atom. The van der Waals surface area contributed by atoms with Crippen LogP contribution < -0.4 is 10.6 Å². The molecular formula is C16H27N3O2. The third-order valence-electron chi connectivity index (χ3n) is 4.56. The molecule has 0 aromatic carbocycles. The second-order valence-corrected chi connectivity index (χ2v) is 5.95. The highest BCUT2D eigenvalue weighted by molar-refractivity contribution is 5.89. The van der Waals surface area contributed by atoms with Crippen molar-refractivity contribution in [3.63, 3.8) is 0 Å². The van der Waals surface area contributed by atoms with Gasteiger partial charge in [-0.1, -0.05) is 25.5 Å². The van der Waals surface area contributed by atoms with E-state index in [2.05, 4.69) is 30.6 Å². The molecule has 2 aliphatic rings. The van der Waals surface area contributed by atoms with E-state index in [0.29, 0.717) is 19.5 Å². The molecule has 21 heavy (non-hydrogen) atoms. The van der Waals surface area contributed by atoms with Crippen LogP contribution in [0.25, 0.3) is 0 Å². The fourth-order valence-electron chi connectivity index (χ4n) is 3.16. The molecule has 0 spiro atoms. The van der Waals surface area contributed by atoms with Crippen molar-refractivity contribution >= 4 is 11.8 Å². The van der Waals surface area contributed by atoms with Crippen molar-refractivity contribution in [1.29, 1.82) is 0 Å². The molecule has 5 nitrogen and oxygen atoms in total. The maximum absolute atomic E-state index is 12.2. The van der Waals surface area contributed by atoms with Crippen molar-refractivity contribution in [3.05, 3.63) is 11.6 Å². The highest BCUT2D eigenvalue weighted by atomic mass is 16.2. The summed E-state index contributed by atoms with van der Waals surface area (Å²) in [5.74, 6) is -0.0263. The van der Waals surface area contributed by atoms with E-state index < -0.39 is 0 Å². The van der Waals surface area contributed by atoms with E-state index in [9.17, 15) is 9.59 Å². The number of carbonyl (C=O) groups is 2. The Morgan fingerprint density at radius 3 is 2.86 bits per heavy atom. The molecule has 0 aromatic rings. The van der Waals surface area contributed by atoms with Gasteiger partial charge in [0.2, 0.25) is 11.8 Å². The van der Waals surface area contributed by atoms with Gasteiger partial charge in [0.05, 0.1) is 5.92 Å². The van der Waals surface area contributed by atoms with Gasteiger partial charge >= 0.3 is 0 Å². The monoisotopic (exact) mass is 293 g/mol. The van der Waals surface area contributed by atoms with Crippen molar-refractivity contribution in [3.8, 4) is 0 Å². The van der Waals surface area contributed by atoms with Gasteiger partial charge in [-0.3, -0.25) is 9.59 Å². The van der Waals surface area contributed by atoms with Crippen LogP contribution in [0.2, 0.25) is 0 Å². The van der Waals surface area contributed by atoms with Crippen LogP contribution >= 0.6 is 0 Å². The zero-order valence-electron chi connectivity index (χ0n) is 13.2. The first kappa shape index (κ1) is 16.0. The molecule has 1 atom stereocenters. The molecule has 1 saturated heterocycles. The van der Waals surface area contributed by atoms with Crippen molar-refractivity contribution < 1.29 is 9.59 Å². The number of nitrogens with zero attached hydrogens (tertiary/aromatic N) is 1. The van der Waals surface area contributed by atoms with Crippen LogP contribution in [-0.4, -0.2) is 48.9 Å². The number of amides is 2. The SMILES string of the molecule is CCC(CC)N1CC(C(=O)NCC2=CCNCC2)CC1=O. The number of carbonyl (C=O) groups excluding carboxylic acids is 2. The van der Waals surface area contributed by atoms with E-state index >= 15 is 0 Å². The molecule has 0 saturated carbocycles. The summed E-state index contributed by atoms with van der Waals surface area (Å²) in [5, 5.41) is 6.25. The Labute approximate surface area is 127 Å². The Hall–Kier alpha value is -1.36. The van der Waals surface area contributed by atoms with Crippen LogP contribution in [0.15, 0.2) is 11.6 Å². The Kier molecular flexibility index (Phi) is 5.79. The van der Waals surface area contributed by atoms with Gasteiger partial charge in [0, 0.05) is 32.1 Å². The van der Waals surface area contributed by atoms with E-state index in [-0.39, 0.29) is 23.8 Å². The minimum absolute atomic E-state index is 0.0243. The molecule has 5 heteroatoms. The third kappa shape index (κ3) is 4.06. The van der Waals surface area contributed by atoms with Crippen molar-refractivity contribution in [2.24, 2.45) is 5.92 Å². The summed E-state index contributed by atoms with van der Waals surface area (Å²) in [7, 11) is 0. The van der Waals surface area contributed by atoms with Crippen molar-refractivity contribution in [2.75, 3.05) is 26.2 Å². The van der Waals surface area contributed by atoms with Crippen LogP contribution in [0.1, 0.15) is 39.5 Å². The van der Waals surface area contributed by atoms with Gasteiger partial charge < -0.3 is 15.5 Å². The fourth-order valence-corrected chi connectivity index (χ4v) is 3.16. The van der Waals surface area contributed by atoms with Crippen LogP contribution in [-0.2, 0) is 9.59 Å². The zero-order valence-corrected chi connectivity index (χ0v) is 13.2. The van der Waals surface area contributed by atoms with Crippen LogP contribution in [0, 0.1) is 5.92 Å². The van der Waals surface area contributed by atoms with Crippen LogP contribution in [0.4, 0.5) is 0 Å². The van der Waals surface area contributed by atoms with Gasteiger partial charge in [-0.2, -0.15) is 0 Å². The summed E-state index contributed by atoms with van der Waals surface area (Å²) in [6.45, 7) is 7.26. The van der Waals surface area contributed by atoms with Crippen LogP contribution in [0.5, 0.6) is 0 Å². The van der Waals surface area contributed by atoms with E-state index in [0.717, 1.165) is 32.4 Å². The Morgan fingerprint density at radius 1 is 1.48 bits per heavy atom. The van der Waals surface area contributed by atoms with E-state index in [1.807, 2.05) is 4.90 Å². The molecule has 2 aliphatic heterocycles. The normalized spacial score (nSPS) is 22.6. The molecular weight excluding hydrogens is 266 g/mol. The highest BCUT2D eigenvalue weighted by Crippen LogP contribution is 2.23. The first-order chi connectivity index (χ1) is 10.2. The number of hydrogen-bond donors (Lipinski definition) is 2. The average molecular weight is 293 g/mol. The average Bonchev–Trinajstić information content (AvgIpc) is 2.89. The number of likely N-dealkylation sites (tertiary alicyclic amines) is 1. The number of nitrogens with one attached hydrogen (secondary N) is 2. The van der Waals surface area contributed by atoms with Crippen LogP contribution in [0.3, 0.4) is 0 Å². The number of rotatable bonds is 6. The molecule has 0 aliphatic carbocycles. The molecule has 2 heterocycles. The summed E-state index contributed by atoms with van der Waals surface area (Å²) < 4.78 is 0. The van der Waals surface area contributed by atoms with Gasteiger partial charge in [0.1, 0.15) is 0 Å². The first-order valence-electron chi connectivity index (χ1n) is 8.11. The molecule has 2 amide bonds. The van der Waals surface area contributed by atoms with Crippen molar-refractivity contribution in [2.45, 2.75) is 45.6 Å². The minimum Gasteiger partial charge on any atom is -0.352 e. The van der Waals surface area contributed by atoms with Gasteiger partial charge in [0.15, 0.2) is 0 Å². The Bertz CT molecular complexity index is 416.